The summed E-state index contributed by atoms with van der Waals surface area (Å²) in [5, 5.41) is 6.98. The van der Waals surface area contributed by atoms with Crippen LogP contribution in [0.15, 0.2) is 16.9 Å². The summed E-state index contributed by atoms with van der Waals surface area (Å²) in [5.74, 6) is 1.93. The fourth-order valence-electron chi connectivity index (χ4n) is 1.44. The minimum absolute atomic E-state index is 0.548. The van der Waals surface area contributed by atoms with Crippen LogP contribution in [0, 0.1) is 0 Å². The van der Waals surface area contributed by atoms with Gasteiger partial charge in [-0.15, -0.1) is 0 Å². The van der Waals surface area contributed by atoms with E-state index in [2.05, 4.69) is 20.4 Å². The zero-order valence-corrected chi connectivity index (χ0v) is 9.47. The van der Waals surface area contributed by atoms with Crippen LogP contribution >= 0.6 is 0 Å². The van der Waals surface area contributed by atoms with Crippen LogP contribution in [0.3, 0.4) is 0 Å². The number of hydrogen-bond donors (Lipinski definition) is 1. The van der Waals surface area contributed by atoms with Crippen LogP contribution in [-0.4, -0.2) is 33.3 Å². The Morgan fingerprint density at radius 2 is 2.38 bits per heavy atom. The van der Waals surface area contributed by atoms with E-state index in [4.69, 9.17) is 4.52 Å². The second kappa shape index (κ2) is 4.89. The zero-order valence-electron chi connectivity index (χ0n) is 9.47. The molecule has 0 spiro atoms. The molecule has 0 radical (unpaired) electrons. The first-order chi connectivity index (χ1) is 7.81. The first kappa shape index (κ1) is 10.8. The van der Waals surface area contributed by atoms with Gasteiger partial charge in [0.05, 0.1) is 0 Å². The van der Waals surface area contributed by atoms with Crippen LogP contribution in [0.4, 0.5) is 0 Å². The lowest BCUT2D eigenvalue weighted by Gasteiger charge is -1.94. The smallest absolute Gasteiger partial charge is 0.238 e. The third-order valence-electron chi connectivity index (χ3n) is 2.31. The van der Waals surface area contributed by atoms with Gasteiger partial charge in [-0.25, -0.2) is 4.98 Å². The third kappa shape index (κ3) is 2.27. The minimum atomic E-state index is 0.548. The molecule has 0 bridgehead atoms. The van der Waals surface area contributed by atoms with Crippen molar-refractivity contribution in [3.63, 3.8) is 0 Å². The Kier molecular flexibility index (Phi) is 3.31. The highest BCUT2D eigenvalue weighted by molar-refractivity contribution is 5.42. The molecule has 86 valence electrons. The molecule has 0 aliphatic heterocycles. The van der Waals surface area contributed by atoms with Crippen molar-refractivity contribution in [3.05, 3.63) is 18.3 Å². The first-order valence-corrected chi connectivity index (χ1v) is 5.26. The standard InChI is InChI=1S/C10H15N5O/c1-11-5-3-4-8-13-9(14-16-8)10-12-6-7-15(10)2/h6-7,11H,3-5H2,1-2H3. The monoisotopic (exact) mass is 221 g/mol. The Morgan fingerprint density at radius 1 is 1.50 bits per heavy atom. The van der Waals surface area contributed by atoms with Gasteiger partial charge in [0.15, 0.2) is 5.82 Å². The van der Waals surface area contributed by atoms with Crippen LogP contribution in [0.25, 0.3) is 11.6 Å². The van der Waals surface area contributed by atoms with E-state index in [1.165, 1.54) is 0 Å². The van der Waals surface area contributed by atoms with Crippen molar-refractivity contribution in [3.8, 4) is 11.6 Å². The normalized spacial score (nSPS) is 10.9. The van der Waals surface area contributed by atoms with Crippen LogP contribution in [-0.2, 0) is 13.5 Å². The number of rotatable bonds is 5. The van der Waals surface area contributed by atoms with Gasteiger partial charge in [0.1, 0.15) is 0 Å². The molecule has 2 aromatic rings. The summed E-state index contributed by atoms with van der Waals surface area (Å²) < 4.78 is 7.01. The van der Waals surface area contributed by atoms with Crippen molar-refractivity contribution >= 4 is 0 Å². The summed E-state index contributed by atoms with van der Waals surface area (Å²) in [4.78, 5) is 8.46. The van der Waals surface area contributed by atoms with Gasteiger partial charge >= 0.3 is 0 Å². The fraction of sp³-hybridized carbons (Fsp3) is 0.500. The number of aryl methyl sites for hydroxylation is 2. The lowest BCUT2D eigenvalue weighted by molar-refractivity contribution is 0.375. The largest absolute Gasteiger partial charge is 0.339 e. The fourth-order valence-corrected chi connectivity index (χ4v) is 1.44. The molecule has 0 amide bonds. The van der Waals surface area contributed by atoms with Crippen LogP contribution in [0.1, 0.15) is 12.3 Å². The van der Waals surface area contributed by atoms with Gasteiger partial charge in [0, 0.05) is 25.9 Å². The van der Waals surface area contributed by atoms with Gasteiger partial charge in [-0.2, -0.15) is 4.98 Å². The maximum absolute atomic E-state index is 5.15. The van der Waals surface area contributed by atoms with Crippen LogP contribution in [0.5, 0.6) is 0 Å². The molecule has 0 atom stereocenters. The van der Waals surface area contributed by atoms with E-state index in [9.17, 15) is 0 Å². The average molecular weight is 221 g/mol. The Bertz CT molecular complexity index is 448. The molecule has 6 heteroatoms. The zero-order chi connectivity index (χ0) is 11.4. The minimum Gasteiger partial charge on any atom is -0.339 e. The average Bonchev–Trinajstić information content (AvgIpc) is 2.87. The van der Waals surface area contributed by atoms with E-state index in [1.54, 1.807) is 6.20 Å². The lowest BCUT2D eigenvalue weighted by atomic mass is 10.3. The van der Waals surface area contributed by atoms with Crippen molar-refractivity contribution in [2.24, 2.45) is 7.05 Å². The van der Waals surface area contributed by atoms with Crippen molar-refractivity contribution < 1.29 is 4.52 Å². The number of imidazole rings is 1. The van der Waals surface area contributed by atoms with Gasteiger partial charge in [-0.3, -0.25) is 0 Å². The second-order valence-electron chi connectivity index (χ2n) is 3.58. The maximum Gasteiger partial charge on any atom is 0.238 e. The van der Waals surface area contributed by atoms with Crippen molar-refractivity contribution in [1.29, 1.82) is 0 Å². The maximum atomic E-state index is 5.15. The van der Waals surface area contributed by atoms with Crippen LogP contribution in [0.2, 0.25) is 0 Å². The molecule has 2 heterocycles. The Morgan fingerprint density at radius 3 is 3.06 bits per heavy atom. The van der Waals surface area contributed by atoms with E-state index in [-0.39, 0.29) is 0 Å². The highest BCUT2D eigenvalue weighted by Gasteiger charge is 2.11. The summed E-state index contributed by atoms with van der Waals surface area (Å²) in [6, 6.07) is 0. The van der Waals surface area contributed by atoms with Gasteiger partial charge in [0.25, 0.3) is 0 Å². The highest BCUT2D eigenvalue weighted by Crippen LogP contribution is 2.12. The molecular weight excluding hydrogens is 206 g/mol. The molecule has 0 fully saturated rings. The molecular formula is C10H15N5O. The molecule has 0 aromatic carbocycles. The Labute approximate surface area is 93.7 Å². The summed E-state index contributed by atoms with van der Waals surface area (Å²) in [5.41, 5.74) is 0. The second-order valence-corrected chi connectivity index (χ2v) is 3.58. The molecule has 2 aromatic heterocycles. The summed E-state index contributed by atoms with van der Waals surface area (Å²) in [7, 11) is 3.83. The first-order valence-electron chi connectivity index (χ1n) is 5.26. The number of aromatic nitrogens is 4. The van der Waals surface area contributed by atoms with Crippen molar-refractivity contribution in [1.82, 2.24) is 25.0 Å². The van der Waals surface area contributed by atoms with E-state index in [1.807, 2.05) is 24.9 Å². The molecule has 0 unspecified atom stereocenters. The van der Waals surface area contributed by atoms with Crippen LogP contribution < -0.4 is 5.32 Å². The molecule has 0 aliphatic carbocycles. The topological polar surface area (TPSA) is 68.8 Å². The summed E-state index contributed by atoms with van der Waals surface area (Å²) in [6.07, 6.45) is 5.34. The predicted molar refractivity (Wildman–Crippen MR) is 58.7 cm³/mol. The SMILES string of the molecule is CNCCCc1nc(-c2nccn2C)no1. The van der Waals surface area contributed by atoms with Crippen molar-refractivity contribution in [2.75, 3.05) is 13.6 Å². The molecule has 16 heavy (non-hydrogen) atoms. The summed E-state index contributed by atoms with van der Waals surface area (Å²) >= 11 is 0. The quantitative estimate of drug-likeness (QED) is 0.750. The van der Waals surface area contributed by atoms with Gasteiger partial charge in [-0.1, -0.05) is 5.16 Å². The van der Waals surface area contributed by atoms with Crippen molar-refractivity contribution in [2.45, 2.75) is 12.8 Å². The molecule has 6 nitrogen and oxygen atoms in total. The molecule has 1 N–H and O–H groups in total. The van der Waals surface area contributed by atoms with Gasteiger partial charge < -0.3 is 14.4 Å². The number of hydrogen-bond acceptors (Lipinski definition) is 5. The molecule has 2 rings (SSSR count). The molecule has 0 saturated heterocycles. The molecule has 0 saturated carbocycles. The number of nitrogens with zero attached hydrogens (tertiary/aromatic N) is 4. The number of nitrogens with one attached hydrogen (secondary N) is 1. The Hall–Kier alpha value is -1.69. The van der Waals surface area contributed by atoms with E-state index >= 15 is 0 Å². The third-order valence-corrected chi connectivity index (χ3v) is 2.31. The summed E-state index contributed by atoms with van der Waals surface area (Å²) in [6.45, 7) is 0.945. The van der Waals surface area contributed by atoms with Gasteiger partial charge in [-0.05, 0) is 20.0 Å². The highest BCUT2D eigenvalue weighted by atomic mass is 16.5. The Balaban J connectivity index is 2.05. The van der Waals surface area contributed by atoms with Gasteiger partial charge in [0.2, 0.25) is 11.7 Å². The van der Waals surface area contributed by atoms with E-state index < -0.39 is 0 Å². The lowest BCUT2D eigenvalue weighted by Crippen LogP contribution is -2.08. The molecule has 0 aliphatic rings. The van der Waals surface area contributed by atoms with E-state index in [0.29, 0.717) is 11.7 Å². The van der Waals surface area contributed by atoms with E-state index in [0.717, 1.165) is 25.2 Å². The predicted octanol–water partition coefficient (Wildman–Crippen LogP) is 0.622.